The van der Waals surface area contributed by atoms with Crippen LogP contribution in [0.25, 0.3) is 0 Å². The molecular weight excluding hydrogens is 309 g/mol. The number of methoxy groups -OCH3 is 1. The molecule has 4 heteroatoms. The maximum atomic E-state index is 14.3. The Kier molecular flexibility index (Phi) is 4.56. The Morgan fingerprint density at radius 1 is 1.11 bits per heavy atom. The van der Waals surface area contributed by atoms with Gasteiger partial charge in [-0.1, -0.05) is 46.3 Å². The van der Waals surface area contributed by atoms with Crippen molar-refractivity contribution in [2.75, 3.05) is 14.2 Å². The number of hydrogen-bond donors (Lipinski definition) is 1. The van der Waals surface area contributed by atoms with Crippen molar-refractivity contribution in [2.24, 2.45) is 0 Å². The van der Waals surface area contributed by atoms with Crippen molar-refractivity contribution in [3.05, 3.63) is 63.9 Å². The number of rotatable bonds is 4. The summed E-state index contributed by atoms with van der Waals surface area (Å²) in [4.78, 5) is 0. The van der Waals surface area contributed by atoms with Crippen molar-refractivity contribution in [1.29, 1.82) is 0 Å². The summed E-state index contributed by atoms with van der Waals surface area (Å²) >= 11 is 3.50. The first-order valence-corrected chi connectivity index (χ1v) is 6.72. The molecule has 2 nitrogen and oxygen atoms in total. The Labute approximate surface area is 120 Å². The Morgan fingerprint density at radius 3 is 2.42 bits per heavy atom. The van der Waals surface area contributed by atoms with Crippen LogP contribution in [0, 0.1) is 5.82 Å². The molecule has 0 aliphatic heterocycles. The molecule has 0 heterocycles. The summed E-state index contributed by atoms with van der Waals surface area (Å²) < 4.78 is 20.3. The molecule has 0 aliphatic rings. The van der Waals surface area contributed by atoms with Gasteiger partial charge in [0.1, 0.15) is 0 Å². The summed E-state index contributed by atoms with van der Waals surface area (Å²) in [5, 5.41) is 3.14. The van der Waals surface area contributed by atoms with Gasteiger partial charge in [0.15, 0.2) is 11.6 Å². The van der Waals surface area contributed by atoms with E-state index in [9.17, 15) is 4.39 Å². The van der Waals surface area contributed by atoms with Crippen LogP contribution < -0.4 is 10.1 Å². The van der Waals surface area contributed by atoms with Gasteiger partial charge in [-0.2, -0.15) is 0 Å². The fraction of sp³-hybridized carbons (Fsp3) is 0.200. The fourth-order valence-electron chi connectivity index (χ4n) is 2.10. The monoisotopic (exact) mass is 323 g/mol. The van der Waals surface area contributed by atoms with Crippen molar-refractivity contribution in [2.45, 2.75) is 6.04 Å². The highest BCUT2D eigenvalue weighted by Crippen LogP contribution is 2.32. The molecule has 0 saturated heterocycles. The Morgan fingerprint density at radius 2 is 1.79 bits per heavy atom. The van der Waals surface area contributed by atoms with E-state index in [1.54, 1.807) is 18.2 Å². The maximum Gasteiger partial charge on any atom is 0.170 e. The molecule has 0 bridgehead atoms. The second-order valence-electron chi connectivity index (χ2n) is 4.11. The summed E-state index contributed by atoms with van der Waals surface area (Å²) in [6.45, 7) is 0. The summed E-state index contributed by atoms with van der Waals surface area (Å²) in [6, 6.07) is 12.7. The molecule has 0 amide bonds. The molecule has 0 saturated carbocycles. The highest BCUT2D eigenvalue weighted by molar-refractivity contribution is 9.10. The smallest absolute Gasteiger partial charge is 0.170 e. The van der Waals surface area contributed by atoms with Crippen LogP contribution in [0.5, 0.6) is 5.75 Å². The van der Waals surface area contributed by atoms with Crippen molar-refractivity contribution in [3.8, 4) is 5.75 Å². The summed E-state index contributed by atoms with van der Waals surface area (Å²) in [5.74, 6) is -0.0788. The topological polar surface area (TPSA) is 21.3 Å². The lowest BCUT2D eigenvalue weighted by Gasteiger charge is -2.20. The second kappa shape index (κ2) is 6.17. The molecule has 19 heavy (non-hydrogen) atoms. The minimum absolute atomic E-state index is 0.231. The zero-order valence-electron chi connectivity index (χ0n) is 10.8. The molecule has 1 unspecified atom stereocenters. The predicted octanol–water partition coefficient (Wildman–Crippen LogP) is 3.91. The Hall–Kier alpha value is -1.39. The van der Waals surface area contributed by atoms with E-state index in [2.05, 4.69) is 21.2 Å². The number of halogens is 2. The van der Waals surface area contributed by atoms with E-state index in [1.807, 2.05) is 31.3 Å². The number of nitrogens with one attached hydrogen (secondary N) is 1. The second-order valence-corrected chi connectivity index (χ2v) is 4.96. The fourth-order valence-corrected chi connectivity index (χ4v) is 2.61. The zero-order chi connectivity index (χ0) is 13.8. The van der Waals surface area contributed by atoms with Crippen LogP contribution in [0.4, 0.5) is 4.39 Å². The molecule has 0 fully saturated rings. The predicted molar refractivity (Wildman–Crippen MR) is 78.0 cm³/mol. The minimum Gasteiger partial charge on any atom is -0.494 e. The van der Waals surface area contributed by atoms with Crippen molar-refractivity contribution < 1.29 is 9.13 Å². The Bertz CT molecular complexity index is 574. The molecular formula is C15H15BrFNO. The normalized spacial score (nSPS) is 12.2. The van der Waals surface area contributed by atoms with Gasteiger partial charge in [-0.05, 0) is 24.7 Å². The van der Waals surface area contributed by atoms with Crippen LogP contribution in [0.15, 0.2) is 46.9 Å². The van der Waals surface area contributed by atoms with Gasteiger partial charge in [0.25, 0.3) is 0 Å². The van der Waals surface area contributed by atoms with Crippen LogP contribution in [0.3, 0.4) is 0 Å². The van der Waals surface area contributed by atoms with Crippen LogP contribution in [0.1, 0.15) is 17.2 Å². The van der Waals surface area contributed by atoms with E-state index >= 15 is 0 Å². The van der Waals surface area contributed by atoms with Crippen molar-refractivity contribution in [3.63, 3.8) is 0 Å². The van der Waals surface area contributed by atoms with Crippen molar-refractivity contribution in [1.82, 2.24) is 5.32 Å². The van der Waals surface area contributed by atoms with Gasteiger partial charge in [0.05, 0.1) is 13.2 Å². The lowest BCUT2D eigenvalue weighted by atomic mass is 9.98. The first-order chi connectivity index (χ1) is 9.19. The lowest BCUT2D eigenvalue weighted by molar-refractivity contribution is 0.382. The highest BCUT2D eigenvalue weighted by Gasteiger charge is 2.20. The standard InChI is InChI=1S/C15H15BrFNO/c1-18-15(10-6-3-4-8-12(10)16)11-7-5-9-13(19-2)14(11)17/h3-9,15,18H,1-2H3. The van der Waals surface area contributed by atoms with Crippen LogP contribution in [-0.2, 0) is 0 Å². The molecule has 0 radical (unpaired) electrons. The largest absolute Gasteiger partial charge is 0.494 e. The average Bonchev–Trinajstić information content (AvgIpc) is 2.43. The third kappa shape index (κ3) is 2.80. The van der Waals surface area contributed by atoms with E-state index in [0.717, 1.165) is 10.0 Å². The third-order valence-corrected chi connectivity index (χ3v) is 3.75. The maximum absolute atomic E-state index is 14.3. The van der Waals surface area contributed by atoms with Gasteiger partial charge < -0.3 is 10.1 Å². The molecule has 2 aromatic rings. The van der Waals surface area contributed by atoms with Crippen LogP contribution >= 0.6 is 15.9 Å². The molecule has 1 N–H and O–H groups in total. The van der Waals surface area contributed by atoms with Gasteiger partial charge >= 0.3 is 0 Å². The molecule has 0 aromatic heterocycles. The highest BCUT2D eigenvalue weighted by atomic mass is 79.9. The first-order valence-electron chi connectivity index (χ1n) is 5.93. The van der Waals surface area contributed by atoms with Gasteiger partial charge in [0.2, 0.25) is 0 Å². The molecule has 100 valence electrons. The van der Waals surface area contributed by atoms with E-state index < -0.39 is 0 Å². The van der Waals surface area contributed by atoms with Crippen LogP contribution in [0.2, 0.25) is 0 Å². The molecule has 0 aliphatic carbocycles. The van der Waals surface area contributed by atoms with E-state index in [1.165, 1.54) is 7.11 Å². The molecule has 0 spiro atoms. The lowest BCUT2D eigenvalue weighted by Crippen LogP contribution is -2.19. The van der Waals surface area contributed by atoms with Gasteiger partial charge in [-0.25, -0.2) is 4.39 Å². The minimum atomic E-state index is -0.333. The Balaban J connectivity index is 2.52. The van der Waals surface area contributed by atoms with E-state index in [4.69, 9.17) is 4.74 Å². The first kappa shape index (κ1) is 14.0. The van der Waals surface area contributed by atoms with E-state index in [0.29, 0.717) is 5.56 Å². The van der Waals surface area contributed by atoms with Gasteiger partial charge in [0, 0.05) is 10.0 Å². The molecule has 2 aromatic carbocycles. The SMILES string of the molecule is CNC(c1ccccc1Br)c1cccc(OC)c1F. The molecule has 1 atom stereocenters. The quantitative estimate of drug-likeness (QED) is 0.921. The van der Waals surface area contributed by atoms with Gasteiger partial charge in [-0.3, -0.25) is 0 Å². The van der Waals surface area contributed by atoms with E-state index in [-0.39, 0.29) is 17.6 Å². The number of benzene rings is 2. The number of hydrogen-bond acceptors (Lipinski definition) is 2. The zero-order valence-corrected chi connectivity index (χ0v) is 12.4. The van der Waals surface area contributed by atoms with Crippen LogP contribution in [-0.4, -0.2) is 14.2 Å². The molecule has 2 rings (SSSR count). The summed E-state index contributed by atoms with van der Waals surface area (Å²) in [5.41, 5.74) is 1.55. The average molecular weight is 324 g/mol. The number of ether oxygens (including phenoxy) is 1. The van der Waals surface area contributed by atoms with Crippen molar-refractivity contribution >= 4 is 15.9 Å². The third-order valence-electron chi connectivity index (χ3n) is 3.03. The van der Waals surface area contributed by atoms with Gasteiger partial charge in [-0.15, -0.1) is 0 Å². The summed E-state index contributed by atoms with van der Waals surface area (Å²) in [6.07, 6.45) is 0. The summed E-state index contributed by atoms with van der Waals surface area (Å²) in [7, 11) is 3.28.